The molecule has 0 aliphatic heterocycles. The summed E-state index contributed by atoms with van der Waals surface area (Å²) in [6, 6.07) is 0.237. The lowest BCUT2D eigenvalue weighted by Crippen LogP contribution is -2.18. The summed E-state index contributed by atoms with van der Waals surface area (Å²) in [6.07, 6.45) is 3.25. The highest BCUT2D eigenvalue weighted by Gasteiger charge is 1.93. The van der Waals surface area contributed by atoms with E-state index in [1.165, 1.54) is 6.42 Å². The van der Waals surface area contributed by atoms with Crippen LogP contribution in [0.25, 0.3) is 0 Å². The van der Waals surface area contributed by atoms with Gasteiger partial charge < -0.3 is 15.2 Å². The van der Waals surface area contributed by atoms with Gasteiger partial charge in [-0.2, -0.15) is 0 Å². The highest BCUT2D eigenvalue weighted by Crippen LogP contribution is 1.90. The minimum atomic E-state index is 0.237. The Morgan fingerprint density at radius 1 is 1.08 bits per heavy atom. The molecule has 0 saturated carbocycles. The molecule has 0 radical (unpaired) electrons. The van der Waals surface area contributed by atoms with Gasteiger partial charge in [0, 0.05) is 19.3 Å². The van der Waals surface area contributed by atoms with E-state index in [9.17, 15) is 0 Å². The Kier molecular flexibility index (Phi) is 9.87. The smallest absolute Gasteiger partial charge is 0.0700 e. The summed E-state index contributed by atoms with van der Waals surface area (Å²) in [6.45, 7) is 7.14. The number of hydrogen-bond donors (Lipinski definition) is 1. The Morgan fingerprint density at radius 2 is 1.69 bits per heavy atom. The molecular formula is C10H23NO2. The van der Waals surface area contributed by atoms with Gasteiger partial charge in [-0.05, 0) is 19.8 Å². The molecule has 0 bridgehead atoms. The molecule has 3 heteroatoms. The summed E-state index contributed by atoms with van der Waals surface area (Å²) in [4.78, 5) is 0. The second kappa shape index (κ2) is 9.96. The van der Waals surface area contributed by atoms with Gasteiger partial charge in [0.2, 0.25) is 0 Å². The molecular weight excluding hydrogens is 166 g/mol. The first-order chi connectivity index (χ1) is 6.27. The molecule has 0 fully saturated rings. The number of unbranched alkanes of at least 4 members (excludes halogenated alkanes) is 1. The molecule has 0 aliphatic rings. The third kappa shape index (κ3) is 11.9. The fourth-order valence-corrected chi connectivity index (χ4v) is 0.838. The van der Waals surface area contributed by atoms with E-state index < -0.39 is 0 Å². The zero-order valence-corrected chi connectivity index (χ0v) is 8.92. The third-order valence-electron chi connectivity index (χ3n) is 1.73. The Balaban J connectivity index is 2.84. The second-order valence-corrected chi connectivity index (χ2v) is 3.34. The molecule has 0 spiro atoms. The summed E-state index contributed by atoms with van der Waals surface area (Å²) in [5.41, 5.74) is 5.56. The van der Waals surface area contributed by atoms with Crippen LogP contribution in [0.5, 0.6) is 0 Å². The van der Waals surface area contributed by atoms with Crippen LogP contribution in [0.4, 0.5) is 0 Å². The van der Waals surface area contributed by atoms with E-state index in [0.29, 0.717) is 13.2 Å². The van der Waals surface area contributed by atoms with Crippen molar-refractivity contribution in [2.24, 2.45) is 5.73 Å². The van der Waals surface area contributed by atoms with Crippen molar-refractivity contribution in [1.82, 2.24) is 0 Å². The van der Waals surface area contributed by atoms with E-state index in [4.69, 9.17) is 15.2 Å². The average Bonchev–Trinajstić information content (AvgIpc) is 2.09. The second-order valence-electron chi connectivity index (χ2n) is 3.34. The van der Waals surface area contributed by atoms with E-state index in [1.54, 1.807) is 0 Å². The number of hydrogen-bond acceptors (Lipinski definition) is 3. The first kappa shape index (κ1) is 12.9. The van der Waals surface area contributed by atoms with Crippen LogP contribution in [0.15, 0.2) is 0 Å². The summed E-state index contributed by atoms with van der Waals surface area (Å²) in [5.74, 6) is 0. The van der Waals surface area contributed by atoms with Crippen LogP contribution in [0, 0.1) is 0 Å². The first-order valence-corrected chi connectivity index (χ1v) is 5.18. The maximum atomic E-state index is 5.56. The summed E-state index contributed by atoms with van der Waals surface area (Å²) >= 11 is 0. The molecule has 13 heavy (non-hydrogen) atoms. The van der Waals surface area contributed by atoms with E-state index in [2.05, 4.69) is 6.92 Å². The van der Waals surface area contributed by atoms with Crippen LogP contribution in [0.2, 0.25) is 0 Å². The molecule has 1 unspecified atom stereocenters. The van der Waals surface area contributed by atoms with Crippen LogP contribution in [-0.4, -0.2) is 32.5 Å². The summed E-state index contributed by atoms with van der Waals surface area (Å²) in [5, 5.41) is 0. The molecule has 0 aromatic heterocycles. The van der Waals surface area contributed by atoms with Gasteiger partial charge in [-0.1, -0.05) is 13.3 Å². The normalized spacial score (nSPS) is 13.2. The van der Waals surface area contributed by atoms with Crippen LogP contribution < -0.4 is 5.73 Å². The largest absolute Gasteiger partial charge is 0.379 e. The van der Waals surface area contributed by atoms with Crippen molar-refractivity contribution in [3.63, 3.8) is 0 Å². The summed E-state index contributed by atoms with van der Waals surface area (Å²) in [7, 11) is 0. The molecule has 0 aromatic carbocycles. The highest BCUT2D eigenvalue weighted by atomic mass is 16.5. The minimum Gasteiger partial charge on any atom is -0.379 e. The molecule has 1 atom stereocenters. The highest BCUT2D eigenvalue weighted by molar-refractivity contribution is 4.50. The first-order valence-electron chi connectivity index (χ1n) is 5.18. The van der Waals surface area contributed by atoms with E-state index >= 15 is 0 Å². The zero-order valence-electron chi connectivity index (χ0n) is 8.92. The zero-order chi connectivity index (χ0) is 9.94. The molecule has 0 saturated heterocycles. The van der Waals surface area contributed by atoms with Gasteiger partial charge in [0.25, 0.3) is 0 Å². The van der Waals surface area contributed by atoms with Crippen LogP contribution in [-0.2, 0) is 9.47 Å². The van der Waals surface area contributed by atoms with Crippen molar-refractivity contribution in [3.8, 4) is 0 Å². The Bertz CT molecular complexity index is 96.9. The maximum Gasteiger partial charge on any atom is 0.0700 e. The molecule has 0 rings (SSSR count). The average molecular weight is 189 g/mol. The van der Waals surface area contributed by atoms with Crippen LogP contribution in [0.3, 0.4) is 0 Å². The lowest BCUT2D eigenvalue weighted by atomic mass is 10.3. The molecule has 0 amide bonds. The van der Waals surface area contributed by atoms with E-state index in [-0.39, 0.29) is 6.04 Å². The van der Waals surface area contributed by atoms with Crippen molar-refractivity contribution < 1.29 is 9.47 Å². The Hall–Kier alpha value is -0.120. The third-order valence-corrected chi connectivity index (χ3v) is 1.73. The lowest BCUT2D eigenvalue weighted by molar-refractivity contribution is 0.0447. The Morgan fingerprint density at radius 3 is 2.23 bits per heavy atom. The molecule has 2 N–H and O–H groups in total. The predicted octanol–water partition coefficient (Wildman–Crippen LogP) is 1.56. The van der Waals surface area contributed by atoms with Gasteiger partial charge in [-0.25, -0.2) is 0 Å². The fraction of sp³-hybridized carbons (Fsp3) is 1.00. The minimum absolute atomic E-state index is 0.237. The quantitative estimate of drug-likeness (QED) is 0.560. The van der Waals surface area contributed by atoms with Crippen molar-refractivity contribution in [2.75, 3.05) is 26.4 Å². The lowest BCUT2D eigenvalue weighted by Gasteiger charge is -2.06. The number of rotatable bonds is 9. The molecule has 3 nitrogen and oxygen atoms in total. The van der Waals surface area contributed by atoms with Crippen molar-refractivity contribution in [2.45, 2.75) is 39.2 Å². The SMILES string of the molecule is CCCCOCCOCCC(C)N. The molecule has 80 valence electrons. The van der Waals surface area contributed by atoms with E-state index in [0.717, 1.165) is 26.1 Å². The van der Waals surface area contributed by atoms with Gasteiger partial charge in [0.15, 0.2) is 0 Å². The van der Waals surface area contributed by atoms with Crippen molar-refractivity contribution in [3.05, 3.63) is 0 Å². The van der Waals surface area contributed by atoms with Gasteiger partial charge >= 0.3 is 0 Å². The molecule has 0 aromatic rings. The number of ether oxygens (including phenoxy) is 2. The topological polar surface area (TPSA) is 44.5 Å². The van der Waals surface area contributed by atoms with Crippen LogP contribution in [0.1, 0.15) is 33.1 Å². The number of nitrogens with two attached hydrogens (primary N) is 1. The molecule has 0 aliphatic carbocycles. The van der Waals surface area contributed by atoms with Gasteiger partial charge in [0.1, 0.15) is 0 Å². The van der Waals surface area contributed by atoms with Gasteiger partial charge in [-0.3, -0.25) is 0 Å². The molecule has 0 heterocycles. The monoisotopic (exact) mass is 189 g/mol. The summed E-state index contributed by atoms with van der Waals surface area (Å²) < 4.78 is 10.6. The standard InChI is InChI=1S/C10H23NO2/c1-3-4-6-12-8-9-13-7-5-10(2)11/h10H,3-9,11H2,1-2H3. The Labute approximate surface area is 81.6 Å². The van der Waals surface area contributed by atoms with Crippen molar-refractivity contribution >= 4 is 0 Å². The maximum absolute atomic E-state index is 5.56. The fourth-order valence-electron chi connectivity index (χ4n) is 0.838. The predicted molar refractivity (Wildman–Crippen MR) is 54.8 cm³/mol. The van der Waals surface area contributed by atoms with E-state index in [1.807, 2.05) is 6.92 Å². The van der Waals surface area contributed by atoms with Gasteiger partial charge in [-0.15, -0.1) is 0 Å². The van der Waals surface area contributed by atoms with Crippen LogP contribution >= 0.6 is 0 Å². The van der Waals surface area contributed by atoms with Crippen molar-refractivity contribution in [1.29, 1.82) is 0 Å². The van der Waals surface area contributed by atoms with Gasteiger partial charge in [0.05, 0.1) is 13.2 Å².